The number of nitrogens with one attached hydrogen (secondary N) is 2. The van der Waals surface area contributed by atoms with Crippen LogP contribution < -0.4 is 10.6 Å². The first-order chi connectivity index (χ1) is 13.5. The van der Waals surface area contributed by atoms with Crippen LogP contribution in [0.15, 0.2) is 60.7 Å². The zero-order chi connectivity index (χ0) is 19.7. The Morgan fingerprint density at radius 2 is 1.64 bits per heavy atom. The van der Waals surface area contributed by atoms with E-state index in [0.29, 0.717) is 5.56 Å². The van der Waals surface area contributed by atoms with Gasteiger partial charge in [-0.2, -0.15) is 0 Å². The molecule has 4 aromatic rings. The van der Waals surface area contributed by atoms with Crippen molar-refractivity contribution in [1.82, 2.24) is 4.98 Å². The second-order valence-electron chi connectivity index (χ2n) is 6.92. The number of amides is 1. The largest absolute Gasteiger partial charge is 0.332 e. The van der Waals surface area contributed by atoms with Crippen LogP contribution in [-0.4, -0.2) is 10.9 Å². The van der Waals surface area contributed by atoms with Gasteiger partial charge in [-0.3, -0.25) is 4.79 Å². The first-order valence-electron chi connectivity index (χ1n) is 9.11. The lowest BCUT2D eigenvalue weighted by Crippen LogP contribution is -2.13. The summed E-state index contributed by atoms with van der Waals surface area (Å²) in [6.07, 6.45) is 0. The Kier molecular flexibility index (Phi) is 4.84. The fraction of sp³-hybridized carbons (Fsp3) is 0.130. The van der Waals surface area contributed by atoms with Crippen LogP contribution in [0.1, 0.15) is 27.0 Å². The molecule has 1 heterocycles. The molecular weight excluding hydrogens is 366 g/mol. The number of aryl methyl sites for hydroxylation is 3. The Labute approximate surface area is 168 Å². The highest BCUT2D eigenvalue weighted by Gasteiger charge is 2.13. The number of thiazole rings is 1. The summed E-state index contributed by atoms with van der Waals surface area (Å²) in [4.78, 5) is 17.4. The number of aromatic nitrogens is 1. The quantitative estimate of drug-likeness (QED) is 0.437. The van der Waals surface area contributed by atoms with E-state index >= 15 is 0 Å². The molecule has 0 spiro atoms. The molecule has 1 aromatic heterocycles. The summed E-state index contributed by atoms with van der Waals surface area (Å²) in [5.41, 5.74) is 6.70. The minimum Gasteiger partial charge on any atom is -0.332 e. The van der Waals surface area contributed by atoms with Gasteiger partial charge in [-0.1, -0.05) is 47.2 Å². The number of carbonyl (C=O) groups excluding carboxylic acids is 1. The SMILES string of the molecule is Cc1cc(C)c(NC(=O)c2ccc3nc(Nc4ccccc4)sc3c2)c(C)c1. The maximum atomic E-state index is 12.8. The second-order valence-corrected chi connectivity index (χ2v) is 7.95. The van der Waals surface area contributed by atoms with Gasteiger partial charge in [-0.25, -0.2) is 4.98 Å². The van der Waals surface area contributed by atoms with Crippen LogP contribution >= 0.6 is 11.3 Å². The molecule has 0 atom stereocenters. The van der Waals surface area contributed by atoms with E-state index in [-0.39, 0.29) is 5.91 Å². The monoisotopic (exact) mass is 387 g/mol. The van der Waals surface area contributed by atoms with Gasteiger partial charge in [-0.05, 0) is 62.2 Å². The minimum absolute atomic E-state index is 0.108. The Hall–Kier alpha value is -3.18. The predicted molar refractivity (Wildman–Crippen MR) is 118 cm³/mol. The third-order valence-electron chi connectivity index (χ3n) is 4.59. The van der Waals surface area contributed by atoms with Crippen molar-refractivity contribution >= 4 is 44.0 Å². The molecule has 4 nitrogen and oxygen atoms in total. The number of carbonyl (C=O) groups is 1. The fourth-order valence-electron chi connectivity index (χ4n) is 3.33. The van der Waals surface area contributed by atoms with E-state index in [9.17, 15) is 4.79 Å². The molecule has 3 aromatic carbocycles. The highest BCUT2D eigenvalue weighted by molar-refractivity contribution is 7.22. The minimum atomic E-state index is -0.108. The van der Waals surface area contributed by atoms with Crippen LogP contribution in [0.3, 0.4) is 0 Å². The summed E-state index contributed by atoms with van der Waals surface area (Å²) in [6, 6.07) is 19.7. The second kappa shape index (κ2) is 7.44. The van der Waals surface area contributed by atoms with Gasteiger partial charge in [0.2, 0.25) is 0 Å². The van der Waals surface area contributed by atoms with E-state index < -0.39 is 0 Å². The number of hydrogen-bond donors (Lipinski definition) is 2. The first kappa shape index (κ1) is 18.2. The lowest BCUT2D eigenvalue weighted by atomic mass is 10.0. The number of hydrogen-bond acceptors (Lipinski definition) is 4. The van der Waals surface area contributed by atoms with E-state index in [4.69, 9.17) is 0 Å². The van der Waals surface area contributed by atoms with Crippen molar-refractivity contribution in [1.29, 1.82) is 0 Å². The van der Waals surface area contributed by atoms with Crippen molar-refractivity contribution < 1.29 is 4.79 Å². The molecule has 0 aliphatic rings. The van der Waals surface area contributed by atoms with Crippen molar-refractivity contribution in [2.24, 2.45) is 0 Å². The van der Waals surface area contributed by atoms with Crippen molar-refractivity contribution in [2.45, 2.75) is 20.8 Å². The molecule has 140 valence electrons. The molecule has 0 aliphatic heterocycles. The van der Waals surface area contributed by atoms with Gasteiger partial charge in [0.25, 0.3) is 5.91 Å². The molecule has 0 aliphatic carbocycles. The van der Waals surface area contributed by atoms with E-state index in [1.807, 2.05) is 62.4 Å². The normalized spacial score (nSPS) is 10.8. The fourth-order valence-corrected chi connectivity index (χ4v) is 4.25. The number of nitrogens with zero attached hydrogens (tertiary/aromatic N) is 1. The van der Waals surface area contributed by atoms with Gasteiger partial charge in [0.05, 0.1) is 10.2 Å². The van der Waals surface area contributed by atoms with Gasteiger partial charge in [0.15, 0.2) is 5.13 Å². The van der Waals surface area contributed by atoms with Crippen LogP contribution in [-0.2, 0) is 0 Å². The zero-order valence-corrected chi connectivity index (χ0v) is 16.9. The predicted octanol–water partition coefficient (Wildman–Crippen LogP) is 6.22. The van der Waals surface area contributed by atoms with E-state index in [0.717, 1.165) is 37.8 Å². The highest BCUT2D eigenvalue weighted by atomic mass is 32.1. The van der Waals surface area contributed by atoms with Crippen LogP contribution in [0.4, 0.5) is 16.5 Å². The third kappa shape index (κ3) is 3.75. The van der Waals surface area contributed by atoms with Crippen molar-refractivity contribution in [3.05, 3.63) is 82.9 Å². The van der Waals surface area contributed by atoms with Gasteiger partial charge in [-0.15, -0.1) is 0 Å². The number of para-hydroxylation sites is 1. The van der Waals surface area contributed by atoms with Crippen molar-refractivity contribution in [3.63, 3.8) is 0 Å². The number of anilines is 3. The van der Waals surface area contributed by atoms with Crippen LogP contribution in [0.25, 0.3) is 10.2 Å². The topological polar surface area (TPSA) is 54.0 Å². The molecule has 5 heteroatoms. The summed E-state index contributed by atoms with van der Waals surface area (Å²) >= 11 is 1.54. The summed E-state index contributed by atoms with van der Waals surface area (Å²) in [6.45, 7) is 6.09. The molecule has 0 fully saturated rings. The number of benzene rings is 3. The summed E-state index contributed by atoms with van der Waals surface area (Å²) in [5, 5.41) is 7.18. The molecule has 4 rings (SSSR count). The Bertz CT molecular complexity index is 1140. The number of fused-ring (bicyclic) bond motifs is 1. The summed E-state index contributed by atoms with van der Waals surface area (Å²) in [7, 11) is 0. The van der Waals surface area contributed by atoms with Gasteiger partial charge in [0, 0.05) is 16.9 Å². The maximum Gasteiger partial charge on any atom is 0.255 e. The van der Waals surface area contributed by atoms with Crippen LogP contribution in [0.5, 0.6) is 0 Å². The van der Waals surface area contributed by atoms with Crippen molar-refractivity contribution in [3.8, 4) is 0 Å². The van der Waals surface area contributed by atoms with Gasteiger partial charge < -0.3 is 10.6 Å². The summed E-state index contributed by atoms with van der Waals surface area (Å²) in [5.74, 6) is -0.108. The van der Waals surface area contributed by atoms with E-state index in [1.165, 1.54) is 16.9 Å². The Balaban J connectivity index is 1.58. The zero-order valence-electron chi connectivity index (χ0n) is 16.0. The maximum absolute atomic E-state index is 12.8. The van der Waals surface area contributed by atoms with E-state index in [2.05, 4.69) is 34.7 Å². The average molecular weight is 388 g/mol. The van der Waals surface area contributed by atoms with Crippen LogP contribution in [0.2, 0.25) is 0 Å². The summed E-state index contributed by atoms with van der Waals surface area (Å²) < 4.78 is 0.975. The number of rotatable bonds is 4. The van der Waals surface area contributed by atoms with Gasteiger partial charge >= 0.3 is 0 Å². The highest BCUT2D eigenvalue weighted by Crippen LogP contribution is 2.29. The molecule has 0 radical (unpaired) electrons. The average Bonchev–Trinajstić information content (AvgIpc) is 3.06. The molecule has 0 saturated heterocycles. The molecule has 28 heavy (non-hydrogen) atoms. The lowest BCUT2D eigenvalue weighted by molar-refractivity contribution is 0.102. The van der Waals surface area contributed by atoms with Crippen molar-refractivity contribution in [2.75, 3.05) is 10.6 Å². The molecule has 0 unspecified atom stereocenters. The third-order valence-corrected chi connectivity index (χ3v) is 5.52. The standard InChI is InChI=1S/C23H21N3OS/c1-14-11-15(2)21(16(3)12-14)26-22(27)17-9-10-19-20(13-17)28-23(25-19)24-18-7-5-4-6-8-18/h4-13H,1-3H3,(H,24,25)(H,26,27). The Morgan fingerprint density at radius 3 is 2.36 bits per heavy atom. The molecule has 2 N–H and O–H groups in total. The molecule has 0 bridgehead atoms. The smallest absolute Gasteiger partial charge is 0.255 e. The van der Waals surface area contributed by atoms with E-state index in [1.54, 1.807) is 0 Å². The van der Waals surface area contributed by atoms with Crippen LogP contribution in [0, 0.1) is 20.8 Å². The van der Waals surface area contributed by atoms with Gasteiger partial charge in [0.1, 0.15) is 0 Å². The Morgan fingerprint density at radius 1 is 0.929 bits per heavy atom. The lowest BCUT2D eigenvalue weighted by Gasteiger charge is -2.12. The molecule has 0 saturated carbocycles. The molecule has 1 amide bonds. The molecular formula is C23H21N3OS. The first-order valence-corrected chi connectivity index (χ1v) is 9.93.